The van der Waals surface area contributed by atoms with Gasteiger partial charge in [0.15, 0.2) is 0 Å². The number of hydrogen-bond donors (Lipinski definition) is 0. The molecule has 0 spiro atoms. The van der Waals surface area contributed by atoms with Crippen molar-refractivity contribution in [2.45, 2.75) is 19.6 Å². The van der Waals surface area contributed by atoms with Crippen LogP contribution in [-0.2, 0) is 33.1 Å². The Morgan fingerprint density at radius 2 is 1.80 bits per heavy atom. The third kappa shape index (κ3) is 6.12. The molecule has 130 valence electrons. The van der Waals surface area contributed by atoms with Gasteiger partial charge in [0.1, 0.15) is 11.8 Å². The molecule has 2 aliphatic carbocycles. The van der Waals surface area contributed by atoms with Crippen molar-refractivity contribution in [1.82, 2.24) is 9.78 Å². The molecule has 10 radical (unpaired) electrons. The minimum atomic E-state index is -0.339. The van der Waals surface area contributed by atoms with Crippen molar-refractivity contribution in [3.63, 3.8) is 0 Å². The Bertz CT molecular complexity index is 525. The molecule has 25 heavy (non-hydrogen) atoms. The van der Waals surface area contributed by atoms with Gasteiger partial charge in [-0.2, -0.15) is 5.10 Å². The summed E-state index contributed by atoms with van der Waals surface area (Å²) in [5.74, 6) is 0.662. The molecule has 2 heterocycles. The standard InChI is InChI=1S/C14H15N2O3.C5H5.Fe/c1-2-18-14(17)13-7-12(10-5-3-4-6-10)15-16(13)8-11-9-19-11;1-2-4-5-3-1;/h3-7,11H,2,8-9H2,1H3;1-5H;/q;;+2/t11-;;/m1../s1. The Morgan fingerprint density at radius 3 is 2.32 bits per heavy atom. The summed E-state index contributed by atoms with van der Waals surface area (Å²) in [4.78, 5) is 11.9. The molecule has 1 aliphatic heterocycles. The Hall–Kier alpha value is -0.841. The van der Waals surface area contributed by atoms with Crippen LogP contribution in [-0.4, -0.2) is 35.1 Å². The molecular weight excluding hydrogens is 360 g/mol. The monoisotopic (exact) mass is 380 g/mol. The van der Waals surface area contributed by atoms with Gasteiger partial charge in [0.25, 0.3) is 0 Å². The van der Waals surface area contributed by atoms with Crippen molar-refractivity contribution in [2.75, 3.05) is 13.2 Å². The molecule has 3 aliphatic rings. The van der Waals surface area contributed by atoms with E-state index in [2.05, 4.69) is 5.10 Å². The maximum atomic E-state index is 11.9. The molecule has 4 rings (SSSR count). The van der Waals surface area contributed by atoms with Crippen LogP contribution in [0.5, 0.6) is 0 Å². The fraction of sp³-hybridized carbons (Fsp3) is 0.263. The van der Waals surface area contributed by atoms with E-state index < -0.39 is 0 Å². The van der Waals surface area contributed by atoms with Crippen LogP contribution in [0.3, 0.4) is 0 Å². The second-order valence-electron chi connectivity index (χ2n) is 5.41. The molecule has 6 heteroatoms. The molecule has 1 aromatic rings. The Balaban J connectivity index is 0.000000325. The van der Waals surface area contributed by atoms with Crippen LogP contribution in [0.1, 0.15) is 23.1 Å². The maximum absolute atomic E-state index is 11.9. The van der Waals surface area contributed by atoms with Gasteiger partial charge in [0.2, 0.25) is 0 Å². The van der Waals surface area contributed by atoms with Crippen molar-refractivity contribution in [3.05, 3.63) is 81.2 Å². The van der Waals surface area contributed by atoms with Crippen molar-refractivity contribution in [2.24, 2.45) is 0 Å². The minimum Gasteiger partial charge on any atom is -0.461 e. The van der Waals surface area contributed by atoms with E-state index in [-0.39, 0.29) is 29.1 Å². The number of ether oxygens (including phenoxy) is 2. The van der Waals surface area contributed by atoms with Crippen molar-refractivity contribution < 1.29 is 31.3 Å². The van der Waals surface area contributed by atoms with Gasteiger partial charge in [-0.15, -0.1) is 0 Å². The van der Waals surface area contributed by atoms with Crippen LogP contribution in [0.4, 0.5) is 0 Å². The van der Waals surface area contributed by atoms with E-state index >= 15 is 0 Å². The predicted molar refractivity (Wildman–Crippen MR) is 89.0 cm³/mol. The van der Waals surface area contributed by atoms with Crippen LogP contribution in [0.2, 0.25) is 0 Å². The number of esters is 1. The van der Waals surface area contributed by atoms with E-state index in [9.17, 15) is 4.79 Å². The summed E-state index contributed by atoms with van der Waals surface area (Å²) in [6.07, 6.45) is 18.0. The predicted octanol–water partition coefficient (Wildman–Crippen LogP) is 2.23. The average molecular weight is 380 g/mol. The molecule has 1 aromatic heterocycles. The summed E-state index contributed by atoms with van der Waals surface area (Å²) >= 11 is 0. The fourth-order valence-electron chi connectivity index (χ4n) is 2.30. The fourth-order valence-corrected chi connectivity index (χ4v) is 2.30. The number of epoxide rings is 1. The van der Waals surface area contributed by atoms with Crippen LogP contribution >= 0.6 is 0 Å². The summed E-state index contributed by atoms with van der Waals surface area (Å²) in [5, 5.41) is 4.47. The van der Waals surface area contributed by atoms with E-state index in [1.165, 1.54) is 0 Å². The molecule has 1 atom stereocenters. The zero-order chi connectivity index (χ0) is 16.8. The first-order valence-corrected chi connectivity index (χ1v) is 8.03. The summed E-state index contributed by atoms with van der Waals surface area (Å²) in [6, 6.07) is 1.77. The van der Waals surface area contributed by atoms with Gasteiger partial charge in [0.05, 0.1) is 25.5 Å². The molecule has 2 saturated carbocycles. The van der Waals surface area contributed by atoms with Gasteiger partial charge in [-0.3, -0.25) is 4.68 Å². The quantitative estimate of drug-likeness (QED) is 0.447. The van der Waals surface area contributed by atoms with E-state index in [1.807, 2.05) is 57.8 Å². The van der Waals surface area contributed by atoms with Crippen LogP contribution in [0.25, 0.3) is 0 Å². The number of aromatic nitrogens is 2. The SMILES string of the molecule is CCOC(=O)c1cc([C]2[CH][CH][CH][CH]2)nn1C[C@@H]1CO1.[CH]1[CH][CH][CH][CH]1.[Fe+2]. The maximum Gasteiger partial charge on any atom is 2.00 e. The molecule has 0 bridgehead atoms. The number of hydrogen-bond acceptors (Lipinski definition) is 4. The van der Waals surface area contributed by atoms with Gasteiger partial charge in [-0.05, 0) is 70.8 Å². The number of nitrogens with zero attached hydrogens (tertiary/aromatic N) is 2. The van der Waals surface area contributed by atoms with Gasteiger partial charge in [-0.25, -0.2) is 4.79 Å². The van der Waals surface area contributed by atoms with E-state index in [4.69, 9.17) is 9.47 Å². The zero-order valence-electron chi connectivity index (χ0n) is 13.9. The topological polar surface area (TPSA) is 56.6 Å². The zero-order valence-corrected chi connectivity index (χ0v) is 15.0. The molecule has 0 aromatic carbocycles. The van der Waals surface area contributed by atoms with Crippen LogP contribution in [0, 0.1) is 63.7 Å². The normalized spacial score (nSPS) is 22.0. The van der Waals surface area contributed by atoms with E-state index in [1.54, 1.807) is 17.7 Å². The molecule has 5 nitrogen and oxygen atoms in total. The molecule has 0 N–H and O–H groups in total. The molecule has 0 amide bonds. The Morgan fingerprint density at radius 1 is 1.20 bits per heavy atom. The third-order valence-corrected chi connectivity index (χ3v) is 3.56. The van der Waals surface area contributed by atoms with E-state index in [0.717, 1.165) is 18.2 Å². The Kier molecular flexibility index (Phi) is 8.47. The second kappa shape index (κ2) is 10.3. The number of rotatable bonds is 5. The molecular formula is C19H20FeN2O3+2. The van der Waals surface area contributed by atoms with Crippen LogP contribution < -0.4 is 0 Å². The first kappa shape index (κ1) is 20.5. The average Bonchev–Trinajstić information content (AvgIpc) is 3.09. The third-order valence-electron chi connectivity index (χ3n) is 3.56. The molecule has 3 fully saturated rings. The summed E-state index contributed by atoms with van der Waals surface area (Å²) in [5.41, 5.74) is 1.27. The number of carbonyl (C=O) groups excluding carboxylic acids is 1. The number of carbonyl (C=O) groups is 1. The minimum absolute atomic E-state index is 0. The first-order valence-electron chi connectivity index (χ1n) is 8.03. The molecule has 0 unspecified atom stereocenters. The second-order valence-corrected chi connectivity index (χ2v) is 5.41. The van der Waals surface area contributed by atoms with Gasteiger partial charge in [0, 0.05) is 5.92 Å². The van der Waals surface area contributed by atoms with Gasteiger partial charge in [-0.1, -0.05) is 0 Å². The van der Waals surface area contributed by atoms with Gasteiger partial charge < -0.3 is 9.47 Å². The summed E-state index contributed by atoms with van der Waals surface area (Å²) < 4.78 is 11.9. The van der Waals surface area contributed by atoms with Crippen molar-refractivity contribution in [1.29, 1.82) is 0 Å². The molecule has 1 saturated heterocycles. The van der Waals surface area contributed by atoms with Gasteiger partial charge >= 0.3 is 23.0 Å². The smallest absolute Gasteiger partial charge is 0.461 e. The van der Waals surface area contributed by atoms with E-state index in [0.29, 0.717) is 18.8 Å². The van der Waals surface area contributed by atoms with Crippen molar-refractivity contribution in [3.8, 4) is 0 Å². The summed E-state index contributed by atoms with van der Waals surface area (Å²) in [7, 11) is 0. The van der Waals surface area contributed by atoms with Crippen molar-refractivity contribution >= 4 is 5.97 Å². The largest absolute Gasteiger partial charge is 2.00 e. The Labute approximate surface area is 161 Å². The summed E-state index contributed by atoms with van der Waals surface area (Å²) in [6.45, 7) is 3.47. The van der Waals surface area contributed by atoms with Crippen LogP contribution in [0.15, 0.2) is 6.07 Å². The first-order chi connectivity index (χ1) is 11.8.